The summed E-state index contributed by atoms with van der Waals surface area (Å²) in [5, 5.41) is 13.6. The summed E-state index contributed by atoms with van der Waals surface area (Å²) in [6, 6.07) is 0. The molecule has 0 bridgehead atoms. The molecule has 1 aliphatic heterocycles. The third-order valence-corrected chi connectivity index (χ3v) is 3.17. The van der Waals surface area contributed by atoms with Crippen LogP contribution >= 0.6 is 0 Å². The molecular formula is C11H18FN3O4. The third kappa shape index (κ3) is 4.15. The Bertz CT molecular complexity index is 361. The molecule has 0 aliphatic carbocycles. The predicted molar refractivity (Wildman–Crippen MR) is 65.2 cm³/mol. The Labute approximate surface area is 110 Å². The lowest BCUT2D eigenvalue weighted by Crippen LogP contribution is -2.49. The topological polar surface area (TPSA) is 99.1 Å². The van der Waals surface area contributed by atoms with Crippen LogP contribution in [0.1, 0.15) is 26.7 Å². The van der Waals surface area contributed by atoms with Gasteiger partial charge in [-0.05, 0) is 31.9 Å². The van der Waals surface area contributed by atoms with Gasteiger partial charge in [0, 0.05) is 19.0 Å². The number of carbonyl (C=O) groups is 2. The number of likely N-dealkylation sites (tertiary alicyclic amines) is 1. The number of nitroso groups, excluding NO2 is 1. The molecule has 2 N–H and O–H groups in total. The van der Waals surface area contributed by atoms with Gasteiger partial charge >= 0.3 is 6.09 Å². The van der Waals surface area contributed by atoms with E-state index in [2.05, 4.69) is 10.5 Å². The average Bonchev–Trinajstić information content (AvgIpc) is 2.34. The number of hydrogen-bond acceptors (Lipinski definition) is 4. The molecule has 1 fully saturated rings. The summed E-state index contributed by atoms with van der Waals surface area (Å²) in [4.78, 5) is 34.3. The fourth-order valence-corrected chi connectivity index (χ4v) is 1.91. The van der Waals surface area contributed by atoms with Crippen LogP contribution in [-0.4, -0.2) is 46.9 Å². The summed E-state index contributed by atoms with van der Waals surface area (Å²) in [6.07, 6.45) is -1.74. The van der Waals surface area contributed by atoms with Gasteiger partial charge in [-0.25, -0.2) is 9.18 Å². The van der Waals surface area contributed by atoms with Crippen molar-refractivity contribution in [2.24, 2.45) is 11.1 Å². The lowest BCUT2D eigenvalue weighted by atomic mass is 9.95. The second-order valence-electron chi connectivity index (χ2n) is 5.12. The van der Waals surface area contributed by atoms with Crippen LogP contribution in [0.5, 0.6) is 0 Å². The minimum atomic E-state index is -1.93. The summed E-state index contributed by atoms with van der Waals surface area (Å²) in [5.74, 6) is -0.873. The largest absolute Gasteiger partial charge is 0.465 e. The number of alkyl halides is 1. The Balaban J connectivity index is 2.52. The summed E-state index contributed by atoms with van der Waals surface area (Å²) in [6.45, 7) is 2.83. The van der Waals surface area contributed by atoms with Gasteiger partial charge in [0.05, 0.1) is 0 Å². The van der Waals surface area contributed by atoms with Crippen LogP contribution in [0.2, 0.25) is 0 Å². The molecule has 2 amide bonds. The Morgan fingerprint density at radius 2 is 1.95 bits per heavy atom. The zero-order chi connectivity index (χ0) is 14.6. The molecule has 1 saturated heterocycles. The van der Waals surface area contributed by atoms with E-state index >= 15 is 0 Å². The molecule has 0 aromatic carbocycles. The van der Waals surface area contributed by atoms with Gasteiger partial charge in [-0.15, -0.1) is 4.91 Å². The molecule has 0 radical (unpaired) electrons. The van der Waals surface area contributed by atoms with Gasteiger partial charge in [0.1, 0.15) is 5.67 Å². The minimum absolute atomic E-state index is 0.256. The second kappa shape index (κ2) is 5.94. The van der Waals surface area contributed by atoms with Crippen LogP contribution in [0.25, 0.3) is 0 Å². The molecule has 0 saturated carbocycles. The van der Waals surface area contributed by atoms with Crippen molar-refractivity contribution < 1.29 is 19.1 Å². The van der Waals surface area contributed by atoms with Crippen molar-refractivity contribution in [2.75, 3.05) is 13.1 Å². The molecule has 0 spiro atoms. The number of carbonyl (C=O) groups excluding carboxylic acids is 1. The van der Waals surface area contributed by atoms with Crippen LogP contribution in [0, 0.1) is 10.8 Å². The molecule has 7 nitrogen and oxygen atoms in total. The number of carboxylic acid groups (broad SMARTS) is 1. The molecule has 1 heterocycles. The van der Waals surface area contributed by atoms with Crippen molar-refractivity contribution in [2.45, 2.75) is 38.5 Å². The Kier molecular flexibility index (Phi) is 4.79. The number of piperidine rings is 1. The predicted octanol–water partition coefficient (Wildman–Crippen LogP) is 1.33. The standard InChI is InChI=1S/C11H18FN3O4/c1-11(2,12)9(14-19)13-8(16)7-3-5-15(6-4-7)10(17)18/h7,9H,3-6H2,1-2H3,(H,13,16)(H,17,18). The SMILES string of the molecule is CC(C)(F)C(N=O)NC(=O)C1CCN(C(=O)O)CC1. The quantitative estimate of drug-likeness (QED) is 0.756. The minimum Gasteiger partial charge on any atom is -0.465 e. The van der Waals surface area contributed by atoms with E-state index in [1.54, 1.807) is 0 Å². The Morgan fingerprint density at radius 3 is 2.32 bits per heavy atom. The summed E-state index contributed by atoms with van der Waals surface area (Å²) < 4.78 is 13.6. The van der Waals surface area contributed by atoms with E-state index in [1.807, 2.05) is 0 Å². The van der Waals surface area contributed by atoms with E-state index in [0.29, 0.717) is 12.8 Å². The van der Waals surface area contributed by atoms with Gasteiger partial charge in [-0.2, -0.15) is 0 Å². The maximum Gasteiger partial charge on any atom is 0.407 e. The average molecular weight is 275 g/mol. The molecular weight excluding hydrogens is 257 g/mol. The van der Waals surface area contributed by atoms with E-state index in [-0.39, 0.29) is 13.1 Å². The van der Waals surface area contributed by atoms with Crippen molar-refractivity contribution in [1.29, 1.82) is 0 Å². The van der Waals surface area contributed by atoms with E-state index in [9.17, 15) is 18.9 Å². The van der Waals surface area contributed by atoms with E-state index in [0.717, 1.165) is 13.8 Å². The van der Waals surface area contributed by atoms with Crippen LogP contribution in [0.15, 0.2) is 5.18 Å². The van der Waals surface area contributed by atoms with Gasteiger partial charge in [0.2, 0.25) is 5.91 Å². The highest BCUT2D eigenvalue weighted by Gasteiger charge is 2.35. The molecule has 1 atom stereocenters. The Hall–Kier alpha value is -1.73. The normalized spacial score (nSPS) is 18.8. The van der Waals surface area contributed by atoms with Crippen molar-refractivity contribution in [1.82, 2.24) is 10.2 Å². The fourth-order valence-electron chi connectivity index (χ4n) is 1.91. The first-order valence-corrected chi connectivity index (χ1v) is 6.05. The molecule has 1 unspecified atom stereocenters. The highest BCUT2D eigenvalue weighted by molar-refractivity contribution is 5.79. The van der Waals surface area contributed by atoms with E-state index in [1.165, 1.54) is 4.90 Å². The highest BCUT2D eigenvalue weighted by Crippen LogP contribution is 2.20. The first-order chi connectivity index (χ1) is 8.75. The number of rotatable bonds is 4. The summed E-state index contributed by atoms with van der Waals surface area (Å²) in [5.41, 5.74) is -1.93. The van der Waals surface area contributed by atoms with Gasteiger partial charge in [0.25, 0.3) is 0 Å². The smallest absolute Gasteiger partial charge is 0.407 e. The molecule has 1 rings (SSSR count). The van der Waals surface area contributed by atoms with Gasteiger partial charge in [0.15, 0.2) is 6.17 Å². The molecule has 1 aliphatic rings. The summed E-state index contributed by atoms with van der Waals surface area (Å²) >= 11 is 0. The van der Waals surface area contributed by atoms with Crippen LogP contribution in [-0.2, 0) is 4.79 Å². The molecule has 0 aromatic rings. The zero-order valence-electron chi connectivity index (χ0n) is 10.9. The number of halogens is 1. The first kappa shape index (κ1) is 15.3. The van der Waals surface area contributed by atoms with E-state index < -0.39 is 29.8 Å². The van der Waals surface area contributed by atoms with Crippen molar-refractivity contribution >= 4 is 12.0 Å². The van der Waals surface area contributed by atoms with Gasteiger partial charge in [-0.1, -0.05) is 0 Å². The van der Waals surface area contributed by atoms with E-state index in [4.69, 9.17) is 5.11 Å². The highest BCUT2D eigenvalue weighted by atomic mass is 19.1. The molecule has 8 heteroatoms. The lowest BCUT2D eigenvalue weighted by molar-refractivity contribution is -0.128. The number of nitrogens with one attached hydrogen (secondary N) is 1. The molecule has 19 heavy (non-hydrogen) atoms. The van der Waals surface area contributed by atoms with Crippen molar-refractivity contribution in [3.05, 3.63) is 4.91 Å². The maximum absolute atomic E-state index is 13.6. The van der Waals surface area contributed by atoms with Crippen molar-refractivity contribution in [3.63, 3.8) is 0 Å². The number of nitrogens with zero attached hydrogens (tertiary/aromatic N) is 2. The zero-order valence-corrected chi connectivity index (χ0v) is 10.9. The first-order valence-electron chi connectivity index (χ1n) is 6.05. The van der Waals surface area contributed by atoms with Crippen LogP contribution in [0.4, 0.5) is 9.18 Å². The maximum atomic E-state index is 13.6. The number of amides is 2. The molecule has 108 valence electrons. The lowest BCUT2D eigenvalue weighted by Gasteiger charge is -2.30. The van der Waals surface area contributed by atoms with Gasteiger partial charge in [-0.3, -0.25) is 4.79 Å². The monoisotopic (exact) mass is 275 g/mol. The second-order valence-corrected chi connectivity index (χ2v) is 5.12. The fraction of sp³-hybridized carbons (Fsp3) is 0.818. The van der Waals surface area contributed by atoms with Crippen LogP contribution < -0.4 is 5.32 Å². The Morgan fingerprint density at radius 1 is 1.42 bits per heavy atom. The van der Waals surface area contributed by atoms with Crippen LogP contribution in [0.3, 0.4) is 0 Å². The van der Waals surface area contributed by atoms with Gasteiger partial charge < -0.3 is 15.3 Å². The number of hydrogen-bond donors (Lipinski definition) is 2. The third-order valence-electron chi connectivity index (χ3n) is 3.17. The molecule has 0 aromatic heterocycles. The van der Waals surface area contributed by atoms with Crippen molar-refractivity contribution in [3.8, 4) is 0 Å². The summed E-state index contributed by atoms with van der Waals surface area (Å²) in [7, 11) is 0.